The summed E-state index contributed by atoms with van der Waals surface area (Å²) in [4.78, 5) is 6.73. The molecule has 0 N–H and O–H groups in total. The molecule has 0 radical (unpaired) electrons. The van der Waals surface area contributed by atoms with Crippen molar-refractivity contribution < 1.29 is 0 Å². The Balaban J connectivity index is 1.90. The second-order valence-electron chi connectivity index (χ2n) is 4.48. The average molecular weight is 260 g/mol. The van der Waals surface area contributed by atoms with Crippen LogP contribution in [0.15, 0.2) is 18.5 Å². The molecule has 0 unspecified atom stereocenters. The van der Waals surface area contributed by atoms with Gasteiger partial charge in [-0.15, -0.1) is 10.2 Å². The van der Waals surface area contributed by atoms with Crippen LogP contribution in [0.1, 0.15) is 24.8 Å². The largest absolute Gasteiger partial charge is 0.370 e. The Morgan fingerprint density at radius 1 is 1.22 bits per heavy atom. The molecule has 1 fully saturated rings. The zero-order chi connectivity index (χ0) is 12.4. The summed E-state index contributed by atoms with van der Waals surface area (Å²) in [6.07, 6.45) is 7.32. The van der Waals surface area contributed by atoms with E-state index in [9.17, 15) is 0 Å². The van der Waals surface area contributed by atoms with Crippen molar-refractivity contribution >= 4 is 17.0 Å². The van der Waals surface area contributed by atoms with E-state index in [1.54, 1.807) is 11.3 Å². The van der Waals surface area contributed by atoms with Crippen LogP contribution in [0.3, 0.4) is 0 Å². The molecule has 0 amide bonds. The fourth-order valence-electron chi connectivity index (χ4n) is 2.21. The number of rotatable bonds is 3. The van der Waals surface area contributed by atoms with Gasteiger partial charge in [0, 0.05) is 24.8 Å². The minimum atomic E-state index is 0.941. The van der Waals surface area contributed by atoms with Crippen LogP contribution in [0.25, 0.3) is 10.6 Å². The molecule has 0 bridgehead atoms. The standard InChI is InChI=1S/C13H16N4S/c1-2-12-15-16-13(18-12)10-7-11(9-14-8-10)17-5-3-4-6-17/h7-9H,2-6H2,1H3. The summed E-state index contributed by atoms with van der Waals surface area (Å²) in [6, 6.07) is 2.18. The summed E-state index contributed by atoms with van der Waals surface area (Å²) in [5, 5.41) is 10.5. The number of aromatic nitrogens is 3. The van der Waals surface area contributed by atoms with Gasteiger partial charge in [0.05, 0.1) is 11.9 Å². The lowest BCUT2D eigenvalue weighted by molar-refractivity contribution is 0.949. The highest BCUT2D eigenvalue weighted by molar-refractivity contribution is 7.14. The number of aryl methyl sites for hydroxylation is 1. The molecule has 18 heavy (non-hydrogen) atoms. The third-order valence-corrected chi connectivity index (χ3v) is 4.33. The molecule has 3 rings (SSSR count). The minimum absolute atomic E-state index is 0.941. The molecule has 4 nitrogen and oxygen atoms in total. The smallest absolute Gasteiger partial charge is 0.149 e. The third-order valence-electron chi connectivity index (χ3n) is 3.21. The Hall–Kier alpha value is -1.49. The van der Waals surface area contributed by atoms with E-state index < -0.39 is 0 Å². The van der Waals surface area contributed by atoms with Gasteiger partial charge in [0.1, 0.15) is 10.0 Å². The number of pyridine rings is 1. The van der Waals surface area contributed by atoms with Gasteiger partial charge in [-0.3, -0.25) is 4.98 Å². The molecule has 2 aromatic heterocycles. The maximum Gasteiger partial charge on any atom is 0.149 e. The van der Waals surface area contributed by atoms with Gasteiger partial charge in [-0.1, -0.05) is 18.3 Å². The van der Waals surface area contributed by atoms with Gasteiger partial charge in [-0.25, -0.2) is 0 Å². The van der Waals surface area contributed by atoms with Crippen molar-refractivity contribution in [3.8, 4) is 10.6 Å². The van der Waals surface area contributed by atoms with E-state index in [1.165, 1.54) is 18.5 Å². The van der Waals surface area contributed by atoms with Crippen LogP contribution in [-0.4, -0.2) is 28.3 Å². The molecule has 94 valence electrons. The summed E-state index contributed by atoms with van der Waals surface area (Å²) in [5.74, 6) is 0. The average Bonchev–Trinajstić information content (AvgIpc) is 3.10. The number of hydrogen-bond acceptors (Lipinski definition) is 5. The van der Waals surface area contributed by atoms with Crippen molar-refractivity contribution in [2.45, 2.75) is 26.2 Å². The molecule has 0 saturated carbocycles. The second-order valence-corrected chi connectivity index (χ2v) is 5.54. The quantitative estimate of drug-likeness (QED) is 0.851. The number of anilines is 1. The summed E-state index contributed by atoms with van der Waals surface area (Å²) >= 11 is 1.66. The van der Waals surface area contributed by atoms with E-state index in [0.29, 0.717) is 0 Å². The Bertz CT molecular complexity index is 531. The third kappa shape index (κ3) is 2.22. The zero-order valence-electron chi connectivity index (χ0n) is 10.5. The van der Waals surface area contributed by atoms with Crippen LogP contribution in [0.4, 0.5) is 5.69 Å². The van der Waals surface area contributed by atoms with Crippen LogP contribution >= 0.6 is 11.3 Å². The van der Waals surface area contributed by atoms with Crippen molar-refractivity contribution in [3.05, 3.63) is 23.5 Å². The van der Waals surface area contributed by atoms with E-state index in [4.69, 9.17) is 0 Å². The number of nitrogens with zero attached hydrogens (tertiary/aromatic N) is 4. The highest BCUT2D eigenvalue weighted by Gasteiger charge is 2.14. The monoisotopic (exact) mass is 260 g/mol. The van der Waals surface area contributed by atoms with Crippen molar-refractivity contribution in [2.75, 3.05) is 18.0 Å². The molecule has 1 aliphatic heterocycles. The molecule has 3 heterocycles. The normalized spacial score (nSPS) is 15.3. The van der Waals surface area contributed by atoms with Crippen LogP contribution in [0, 0.1) is 0 Å². The minimum Gasteiger partial charge on any atom is -0.370 e. The number of hydrogen-bond donors (Lipinski definition) is 0. The molecule has 0 aliphatic carbocycles. The van der Waals surface area contributed by atoms with E-state index >= 15 is 0 Å². The SMILES string of the molecule is CCc1nnc(-c2cncc(N3CCCC3)c2)s1. The van der Waals surface area contributed by atoms with E-state index in [1.807, 2.05) is 12.4 Å². The van der Waals surface area contributed by atoms with Crippen LogP contribution in [0.5, 0.6) is 0 Å². The van der Waals surface area contributed by atoms with Crippen LogP contribution in [-0.2, 0) is 6.42 Å². The first-order valence-electron chi connectivity index (χ1n) is 6.39. The van der Waals surface area contributed by atoms with E-state index in [-0.39, 0.29) is 0 Å². The summed E-state index contributed by atoms with van der Waals surface area (Å²) in [6.45, 7) is 4.38. The van der Waals surface area contributed by atoms with Crippen molar-refractivity contribution in [1.82, 2.24) is 15.2 Å². The fourth-order valence-corrected chi connectivity index (χ4v) is 2.97. The highest BCUT2D eigenvalue weighted by atomic mass is 32.1. The van der Waals surface area contributed by atoms with Gasteiger partial charge in [-0.2, -0.15) is 0 Å². The van der Waals surface area contributed by atoms with Crippen molar-refractivity contribution in [3.63, 3.8) is 0 Å². The predicted octanol–water partition coefficient (Wildman–Crippen LogP) is 2.76. The zero-order valence-corrected chi connectivity index (χ0v) is 11.3. The molecular formula is C13H16N4S. The van der Waals surface area contributed by atoms with E-state index in [0.717, 1.165) is 35.1 Å². The van der Waals surface area contributed by atoms with Crippen LogP contribution < -0.4 is 4.90 Å². The van der Waals surface area contributed by atoms with Crippen LogP contribution in [0.2, 0.25) is 0 Å². The Morgan fingerprint density at radius 2 is 2.06 bits per heavy atom. The first-order valence-corrected chi connectivity index (χ1v) is 7.21. The van der Waals surface area contributed by atoms with Gasteiger partial charge >= 0.3 is 0 Å². The molecule has 1 aliphatic rings. The predicted molar refractivity (Wildman–Crippen MR) is 74.0 cm³/mol. The maximum absolute atomic E-state index is 4.34. The Morgan fingerprint density at radius 3 is 2.78 bits per heavy atom. The summed E-state index contributed by atoms with van der Waals surface area (Å²) in [5.41, 5.74) is 2.29. The molecule has 0 atom stereocenters. The molecular weight excluding hydrogens is 244 g/mol. The fraction of sp³-hybridized carbons (Fsp3) is 0.462. The first kappa shape index (κ1) is 11.6. The summed E-state index contributed by atoms with van der Waals surface area (Å²) in [7, 11) is 0. The second kappa shape index (κ2) is 5.02. The molecule has 5 heteroatoms. The molecule has 0 spiro atoms. The molecule has 1 saturated heterocycles. The van der Waals surface area contributed by atoms with Gasteiger partial charge in [0.25, 0.3) is 0 Å². The van der Waals surface area contributed by atoms with Gasteiger partial charge in [0.15, 0.2) is 0 Å². The molecule has 0 aromatic carbocycles. The lowest BCUT2D eigenvalue weighted by Gasteiger charge is -2.17. The molecule has 2 aromatic rings. The Kier molecular flexibility index (Phi) is 3.23. The Labute approximate surface area is 111 Å². The maximum atomic E-state index is 4.34. The lowest BCUT2D eigenvalue weighted by atomic mass is 10.2. The van der Waals surface area contributed by atoms with Crippen molar-refractivity contribution in [1.29, 1.82) is 0 Å². The van der Waals surface area contributed by atoms with Gasteiger partial charge < -0.3 is 4.90 Å². The lowest BCUT2D eigenvalue weighted by Crippen LogP contribution is -2.17. The van der Waals surface area contributed by atoms with E-state index in [2.05, 4.69) is 33.1 Å². The highest BCUT2D eigenvalue weighted by Crippen LogP contribution is 2.27. The van der Waals surface area contributed by atoms with Gasteiger partial charge in [0.2, 0.25) is 0 Å². The summed E-state index contributed by atoms with van der Waals surface area (Å²) < 4.78 is 0. The van der Waals surface area contributed by atoms with Gasteiger partial charge in [-0.05, 0) is 25.3 Å². The topological polar surface area (TPSA) is 41.9 Å². The van der Waals surface area contributed by atoms with Crippen molar-refractivity contribution in [2.24, 2.45) is 0 Å². The first-order chi connectivity index (χ1) is 8.86.